The van der Waals surface area contributed by atoms with E-state index in [2.05, 4.69) is 5.32 Å². The fourth-order valence-electron chi connectivity index (χ4n) is 2.53. The van der Waals surface area contributed by atoms with Crippen LogP contribution in [0.25, 0.3) is 0 Å². The van der Waals surface area contributed by atoms with Gasteiger partial charge >= 0.3 is 0 Å². The molecule has 0 bridgehead atoms. The number of amides is 1. The van der Waals surface area contributed by atoms with Crippen LogP contribution in [0.5, 0.6) is 0 Å². The Morgan fingerprint density at radius 3 is 2.56 bits per heavy atom. The monoisotopic (exact) mass is 254 g/mol. The third-order valence-electron chi connectivity index (χ3n) is 3.43. The molecule has 3 N–H and O–H groups in total. The molecule has 3 nitrogen and oxygen atoms in total. The van der Waals surface area contributed by atoms with E-state index in [0.29, 0.717) is 6.54 Å². The molecule has 0 aromatic heterocycles. The van der Waals surface area contributed by atoms with Crippen LogP contribution in [0.3, 0.4) is 0 Å². The number of hydrogen-bond acceptors (Lipinski definition) is 2. The molecule has 5 heteroatoms. The lowest BCUT2D eigenvalue weighted by Crippen LogP contribution is -2.29. The molecule has 1 saturated carbocycles. The van der Waals surface area contributed by atoms with Crippen LogP contribution in [0.2, 0.25) is 0 Å². The van der Waals surface area contributed by atoms with Gasteiger partial charge in [-0.15, -0.1) is 0 Å². The zero-order valence-electron chi connectivity index (χ0n) is 9.96. The predicted molar refractivity (Wildman–Crippen MR) is 64.9 cm³/mol. The molecule has 2 rings (SSSR count). The van der Waals surface area contributed by atoms with E-state index in [9.17, 15) is 13.6 Å². The quantitative estimate of drug-likeness (QED) is 0.869. The Kier molecular flexibility index (Phi) is 3.91. The summed E-state index contributed by atoms with van der Waals surface area (Å²) in [6.45, 7) is 0.468. The Labute approximate surface area is 104 Å². The summed E-state index contributed by atoms with van der Waals surface area (Å²) in [5.41, 5.74) is 5.76. The number of anilines is 1. The standard InChI is InChI=1S/C13H16F2N2O/c14-9-4-10(15)6-11(5-9)17-13(18)12-3-1-2-8(12)7-16/h4-6,8,12H,1-3,7,16H2,(H,17,18)/t8-,12-/m1/s1. The van der Waals surface area contributed by atoms with E-state index >= 15 is 0 Å². The van der Waals surface area contributed by atoms with E-state index in [4.69, 9.17) is 5.73 Å². The van der Waals surface area contributed by atoms with E-state index in [1.165, 1.54) is 0 Å². The zero-order valence-corrected chi connectivity index (χ0v) is 9.96. The predicted octanol–water partition coefficient (Wildman–Crippen LogP) is 2.28. The Morgan fingerprint density at radius 2 is 1.94 bits per heavy atom. The number of carbonyl (C=O) groups excluding carboxylic acids is 1. The van der Waals surface area contributed by atoms with Gasteiger partial charge in [0.15, 0.2) is 0 Å². The average Bonchev–Trinajstić information content (AvgIpc) is 2.75. The largest absolute Gasteiger partial charge is 0.330 e. The number of nitrogens with one attached hydrogen (secondary N) is 1. The highest BCUT2D eigenvalue weighted by Crippen LogP contribution is 2.31. The molecular weight excluding hydrogens is 238 g/mol. The minimum absolute atomic E-state index is 0.152. The Bertz CT molecular complexity index is 430. The van der Waals surface area contributed by atoms with Crippen molar-refractivity contribution in [2.75, 3.05) is 11.9 Å². The van der Waals surface area contributed by atoms with Gasteiger partial charge in [-0.3, -0.25) is 4.79 Å². The van der Waals surface area contributed by atoms with Gasteiger partial charge in [-0.25, -0.2) is 8.78 Å². The minimum Gasteiger partial charge on any atom is -0.330 e. The van der Waals surface area contributed by atoms with E-state index in [1.807, 2.05) is 0 Å². The van der Waals surface area contributed by atoms with Gasteiger partial charge in [0.25, 0.3) is 0 Å². The van der Waals surface area contributed by atoms with Crippen molar-refractivity contribution in [1.29, 1.82) is 0 Å². The summed E-state index contributed by atoms with van der Waals surface area (Å²) >= 11 is 0. The molecule has 2 atom stereocenters. The van der Waals surface area contributed by atoms with Crippen LogP contribution in [0.4, 0.5) is 14.5 Å². The summed E-state index contributed by atoms with van der Waals surface area (Å²) in [4.78, 5) is 12.0. The Balaban J connectivity index is 2.06. The van der Waals surface area contributed by atoms with Crippen LogP contribution in [0, 0.1) is 23.5 Å². The lowest BCUT2D eigenvalue weighted by Gasteiger charge is -2.17. The first-order valence-corrected chi connectivity index (χ1v) is 6.07. The average molecular weight is 254 g/mol. The first-order chi connectivity index (χ1) is 8.60. The maximum absolute atomic E-state index is 13.0. The van der Waals surface area contributed by atoms with E-state index < -0.39 is 11.6 Å². The minimum atomic E-state index is -0.702. The fraction of sp³-hybridized carbons (Fsp3) is 0.462. The molecule has 1 aromatic rings. The van der Waals surface area contributed by atoms with E-state index in [1.54, 1.807) is 0 Å². The highest BCUT2D eigenvalue weighted by atomic mass is 19.1. The molecule has 1 amide bonds. The van der Waals surface area contributed by atoms with Gasteiger partial charge in [-0.05, 0) is 37.4 Å². The van der Waals surface area contributed by atoms with Crippen molar-refractivity contribution in [3.8, 4) is 0 Å². The molecule has 0 saturated heterocycles. The zero-order chi connectivity index (χ0) is 13.1. The summed E-state index contributed by atoms with van der Waals surface area (Å²) in [6.07, 6.45) is 2.69. The van der Waals surface area contributed by atoms with Gasteiger partial charge < -0.3 is 11.1 Å². The lowest BCUT2D eigenvalue weighted by molar-refractivity contribution is -0.120. The van der Waals surface area contributed by atoms with Crippen LogP contribution in [-0.4, -0.2) is 12.5 Å². The molecule has 0 aliphatic heterocycles. The number of halogens is 2. The van der Waals surface area contributed by atoms with Crippen LogP contribution in [0.1, 0.15) is 19.3 Å². The SMILES string of the molecule is NC[C@H]1CCC[C@H]1C(=O)Nc1cc(F)cc(F)c1. The molecule has 1 fully saturated rings. The van der Waals surface area contributed by atoms with Crippen molar-refractivity contribution in [3.05, 3.63) is 29.8 Å². The molecule has 0 heterocycles. The highest BCUT2D eigenvalue weighted by Gasteiger charge is 2.31. The number of hydrogen-bond donors (Lipinski definition) is 2. The molecule has 0 radical (unpaired) electrons. The maximum atomic E-state index is 13.0. The molecular formula is C13H16F2N2O. The molecule has 1 aliphatic rings. The van der Waals surface area contributed by atoms with Crippen LogP contribution < -0.4 is 11.1 Å². The lowest BCUT2D eigenvalue weighted by atomic mass is 9.95. The number of benzene rings is 1. The van der Waals surface area contributed by atoms with Crippen LogP contribution in [0.15, 0.2) is 18.2 Å². The topological polar surface area (TPSA) is 55.1 Å². The second-order valence-electron chi connectivity index (χ2n) is 4.68. The van der Waals surface area contributed by atoms with Crippen molar-refractivity contribution in [3.63, 3.8) is 0 Å². The number of rotatable bonds is 3. The molecule has 0 spiro atoms. The van der Waals surface area contributed by atoms with Gasteiger partial charge in [0.05, 0.1) is 0 Å². The van der Waals surface area contributed by atoms with E-state index in [-0.39, 0.29) is 23.4 Å². The number of carbonyl (C=O) groups is 1. The Hall–Kier alpha value is -1.49. The van der Waals surface area contributed by atoms with Gasteiger partial charge in [-0.1, -0.05) is 6.42 Å². The van der Waals surface area contributed by atoms with Crippen molar-refractivity contribution in [2.24, 2.45) is 17.6 Å². The number of nitrogens with two attached hydrogens (primary N) is 1. The fourth-order valence-corrected chi connectivity index (χ4v) is 2.53. The summed E-state index contributed by atoms with van der Waals surface area (Å²) in [7, 11) is 0. The van der Waals surface area contributed by atoms with Crippen molar-refractivity contribution >= 4 is 11.6 Å². The van der Waals surface area contributed by atoms with Gasteiger partial charge in [0.2, 0.25) is 5.91 Å². The van der Waals surface area contributed by atoms with Gasteiger partial charge in [-0.2, -0.15) is 0 Å². The highest BCUT2D eigenvalue weighted by molar-refractivity contribution is 5.92. The summed E-state index contributed by atoms with van der Waals surface area (Å²) in [5, 5.41) is 2.56. The molecule has 18 heavy (non-hydrogen) atoms. The van der Waals surface area contributed by atoms with Gasteiger partial charge in [0.1, 0.15) is 11.6 Å². The third kappa shape index (κ3) is 2.85. The second-order valence-corrected chi connectivity index (χ2v) is 4.68. The van der Waals surface area contributed by atoms with Crippen molar-refractivity contribution < 1.29 is 13.6 Å². The van der Waals surface area contributed by atoms with Crippen LogP contribution >= 0.6 is 0 Å². The molecule has 0 unspecified atom stereocenters. The normalized spacial score (nSPS) is 23.1. The van der Waals surface area contributed by atoms with Crippen molar-refractivity contribution in [1.82, 2.24) is 0 Å². The first kappa shape index (κ1) is 13.0. The first-order valence-electron chi connectivity index (χ1n) is 6.07. The van der Waals surface area contributed by atoms with Crippen molar-refractivity contribution in [2.45, 2.75) is 19.3 Å². The second kappa shape index (κ2) is 5.44. The van der Waals surface area contributed by atoms with Crippen LogP contribution in [-0.2, 0) is 4.79 Å². The van der Waals surface area contributed by atoms with Gasteiger partial charge in [0, 0.05) is 17.7 Å². The maximum Gasteiger partial charge on any atom is 0.227 e. The molecule has 1 aromatic carbocycles. The molecule has 98 valence electrons. The third-order valence-corrected chi connectivity index (χ3v) is 3.43. The summed E-state index contributed by atoms with van der Waals surface area (Å²) in [6, 6.07) is 2.98. The Morgan fingerprint density at radius 1 is 1.28 bits per heavy atom. The summed E-state index contributed by atoms with van der Waals surface area (Å²) in [5.74, 6) is -1.59. The summed E-state index contributed by atoms with van der Waals surface area (Å²) < 4.78 is 26.0. The van der Waals surface area contributed by atoms with E-state index in [0.717, 1.165) is 37.5 Å². The smallest absolute Gasteiger partial charge is 0.227 e. The molecule has 1 aliphatic carbocycles.